The zero-order valence-corrected chi connectivity index (χ0v) is 12.2. The Kier molecular flexibility index (Phi) is 3.68. The standard InChI is InChI=1S/C13H14ClN3OS/c1-18-13-10-7-17(5-4-11(10)15-8-16-13)6-9-2-3-12(14)19-9/h2-3,8H,4-7H2,1H3. The second-order valence-corrected chi connectivity index (χ2v) is 6.27. The predicted molar refractivity (Wildman–Crippen MR) is 75.7 cm³/mol. The molecular formula is C13H14ClN3OS. The maximum atomic E-state index is 5.97. The van der Waals surface area contributed by atoms with Gasteiger partial charge in [0, 0.05) is 36.5 Å². The summed E-state index contributed by atoms with van der Waals surface area (Å²) >= 11 is 7.60. The van der Waals surface area contributed by atoms with Gasteiger partial charge in [-0.2, -0.15) is 0 Å². The lowest BCUT2D eigenvalue weighted by molar-refractivity contribution is 0.238. The maximum absolute atomic E-state index is 5.97. The Bertz CT molecular complexity index is 573. The van der Waals surface area contributed by atoms with E-state index in [0.29, 0.717) is 5.88 Å². The van der Waals surface area contributed by atoms with E-state index in [4.69, 9.17) is 16.3 Å². The molecule has 0 bridgehead atoms. The Labute approximate surface area is 121 Å². The van der Waals surface area contributed by atoms with Crippen LogP contribution in [0.15, 0.2) is 18.5 Å². The number of nitrogens with zero attached hydrogens (tertiary/aromatic N) is 3. The van der Waals surface area contributed by atoms with Crippen LogP contribution in [0.4, 0.5) is 0 Å². The monoisotopic (exact) mass is 295 g/mol. The van der Waals surface area contributed by atoms with Crippen molar-refractivity contribution >= 4 is 22.9 Å². The lowest BCUT2D eigenvalue weighted by atomic mass is 10.1. The highest BCUT2D eigenvalue weighted by Crippen LogP contribution is 2.27. The van der Waals surface area contributed by atoms with Gasteiger partial charge < -0.3 is 4.74 Å². The fourth-order valence-corrected chi connectivity index (χ4v) is 3.47. The molecule has 3 heterocycles. The van der Waals surface area contributed by atoms with Gasteiger partial charge in [0.05, 0.1) is 17.1 Å². The summed E-state index contributed by atoms with van der Waals surface area (Å²) in [4.78, 5) is 12.2. The van der Waals surface area contributed by atoms with Crippen LogP contribution in [-0.2, 0) is 19.5 Å². The zero-order valence-electron chi connectivity index (χ0n) is 10.6. The molecule has 0 saturated carbocycles. The first-order valence-corrected chi connectivity index (χ1v) is 7.29. The number of fused-ring (bicyclic) bond motifs is 1. The van der Waals surface area contributed by atoms with Gasteiger partial charge in [-0.05, 0) is 12.1 Å². The summed E-state index contributed by atoms with van der Waals surface area (Å²) in [6.45, 7) is 2.74. The summed E-state index contributed by atoms with van der Waals surface area (Å²) in [6.07, 6.45) is 2.51. The predicted octanol–water partition coefficient (Wildman–Crippen LogP) is 2.76. The van der Waals surface area contributed by atoms with Crippen molar-refractivity contribution in [1.82, 2.24) is 14.9 Å². The molecular weight excluding hydrogens is 282 g/mol. The van der Waals surface area contributed by atoms with Crippen molar-refractivity contribution in [1.29, 1.82) is 0 Å². The molecule has 0 fully saturated rings. The SMILES string of the molecule is COc1ncnc2c1CN(Cc1ccc(Cl)s1)CC2. The zero-order chi connectivity index (χ0) is 13.2. The van der Waals surface area contributed by atoms with Crippen LogP contribution in [-0.4, -0.2) is 28.5 Å². The van der Waals surface area contributed by atoms with E-state index in [-0.39, 0.29) is 0 Å². The lowest BCUT2D eigenvalue weighted by Gasteiger charge is -2.28. The molecule has 0 N–H and O–H groups in total. The second-order valence-electron chi connectivity index (χ2n) is 4.47. The summed E-state index contributed by atoms with van der Waals surface area (Å²) in [5, 5.41) is 0. The summed E-state index contributed by atoms with van der Waals surface area (Å²) in [6, 6.07) is 4.03. The topological polar surface area (TPSA) is 38.3 Å². The van der Waals surface area contributed by atoms with E-state index in [1.165, 1.54) is 4.88 Å². The normalized spacial score (nSPS) is 15.3. The van der Waals surface area contributed by atoms with Crippen molar-refractivity contribution in [3.05, 3.63) is 38.9 Å². The molecule has 3 rings (SSSR count). The van der Waals surface area contributed by atoms with E-state index in [1.54, 1.807) is 24.8 Å². The van der Waals surface area contributed by atoms with E-state index in [1.807, 2.05) is 6.07 Å². The summed E-state index contributed by atoms with van der Waals surface area (Å²) < 4.78 is 6.16. The van der Waals surface area contributed by atoms with Crippen molar-refractivity contribution in [2.24, 2.45) is 0 Å². The number of hydrogen-bond donors (Lipinski definition) is 0. The number of thiophene rings is 1. The van der Waals surface area contributed by atoms with Crippen molar-refractivity contribution in [2.45, 2.75) is 19.5 Å². The average molecular weight is 296 g/mol. The third kappa shape index (κ3) is 2.73. The summed E-state index contributed by atoms with van der Waals surface area (Å²) in [5.74, 6) is 0.693. The molecule has 6 heteroatoms. The fourth-order valence-electron chi connectivity index (χ4n) is 2.34. The first-order valence-electron chi connectivity index (χ1n) is 6.09. The molecule has 1 aliphatic heterocycles. The fraction of sp³-hybridized carbons (Fsp3) is 0.385. The highest BCUT2D eigenvalue weighted by Gasteiger charge is 2.21. The molecule has 2 aromatic rings. The number of aromatic nitrogens is 2. The molecule has 0 saturated heterocycles. The van der Waals surface area contributed by atoms with Crippen LogP contribution < -0.4 is 4.74 Å². The van der Waals surface area contributed by atoms with Gasteiger partial charge in [-0.3, -0.25) is 4.90 Å². The minimum Gasteiger partial charge on any atom is -0.481 e. The van der Waals surface area contributed by atoms with Gasteiger partial charge in [-0.1, -0.05) is 11.6 Å². The Morgan fingerprint density at radius 1 is 1.42 bits per heavy atom. The van der Waals surface area contributed by atoms with Crippen molar-refractivity contribution in [3.8, 4) is 5.88 Å². The Morgan fingerprint density at radius 3 is 3.05 bits per heavy atom. The lowest BCUT2D eigenvalue weighted by Crippen LogP contribution is -2.30. The molecule has 0 atom stereocenters. The molecule has 19 heavy (non-hydrogen) atoms. The molecule has 100 valence electrons. The summed E-state index contributed by atoms with van der Waals surface area (Å²) in [5.41, 5.74) is 2.21. The molecule has 1 aliphatic rings. The highest BCUT2D eigenvalue weighted by molar-refractivity contribution is 7.16. The van der Waals surface area contributed by atoms with Gasteiger partial charge in [0.15, 0.2) is 0 Å². The first-order chi connectivity index (χ1) is 9.26. The van der Waals surface area contributed by atoms with E-state index >= 15 is 0 Å². The van der Waals surface area contributed by atoms with Crippen LogP contribution in [0, 0.1) is 0 Å². The molecule has 2 aromatic heterocycles. The molecule has 0 aliphatic carbocycles. The van der Waals surface area contributed by atoms with Crippen LogP contribution in [0.1, 0.15) is 16.1 Å². The molecule has 0 spiro atoms. The molecule has 0 radical (unpaired) electrons. The Hall–Kier alpha value is -1.17. The van der Waals surface area contributed by atoms with Crippen LogP contribution in [0.2, 0.25) is 4.34 Å². The van der Waals surface area contributed by atoms with Crippen LogP contribution >= 0.6 is 22.9 Å². The van der Waals surface area contributed by atoms with E-state index < -0.39 is 0 Å². The minimum absolute atomic E-state index is 0.693. The maximum Gasteiger partial charge on any atom is 0.220 e. The van der Waals surface area contributed by atoms with Gasteiger partial charge in [-0.15, -0.1) is 11.3 Å². The molecule has 0 unspecified atom stereocenters. The van der Waals surface area contributed by atoms with Crippen LogP contribution in [0.3, 0.4) is 0 Å². The van der Waals surface area contributed by atoms with Gasteiger partial charge >= 0.3 is 0 Å². The number of rotatable bonds is 3. The highest BCUT2D eigenvalue weighted by atomic mass is 35.5. The van der Waals surface area contributed by atoms with Crippen LogP contribution in [0.25, 0.3) is 0 Å². The van der Waals surface area contributed by atoms with Crippen molar-refractivity contribution in [3.63, 3.8) is 0 Å². The first kappa shape index (κ1) is 12.8. The van der Waals surface area contributed by atoms with Gasteiger partial charge in [0.2, 0.25) is 5.88 Å². The number of halogens is 1. The Balaban J connectivity index is 1.78. The number of ether oxygens (including phenoxy) is 1. The second kappa shape index (κ2) is 5.45. The van der Waals surface area contributed by atoms with Crippen molar-refractivity contribution in [2.75, 3.05) is 13.7 Å². The van der Waals surface area contributed by atoms with E-state index in [0.717, 1.165) is 41.6 Å². The molecule has 0 aromatic carbocycles. The van der Waals surface area contributed by atoms with Crippen LogP contribution in [0.5, 0.6) is 5.88 Å². The summed E-state index contributed by atoms with van der Waals surface area (Å²) in [7, 11) is 1.65. The molecule has 4 nitrogen and oxygen atoms in total. The van der Waals surface area contributed by atoms with Gasteiger partial charge in [0.25, 0.3) is 0 Å². The number of hydrogen-bond acceptors (Lipinski definition) is 5. The average Bonchev–Trinajstić information content (AvgIpc) is 2.83. The van der Waals surface area contributed by atoms with Gasteiger partial charge in [0.1, 0.15) is 6.33 Å². The van der Waals surface area contributed by atoms with Crippen molar-refractivity contribution < 1.29 is 4.74 Å². The largest absolute Gasteiger partial charge is 0.481 e. The van der Waals surface area contributed by atoms with E-state index in [2.05, 4.69) is 20.9 Å². The number of methoxy groups -OCH3 is 1. The smallest absolute Gasteiger partial charge is 0.220 e. The van der Waals surface area contributed by atoms with E-state index in [9.17, 15) is 0 Å². The quantitative estimate of drug-likeness (QED) is 0.873. The third-order valence-electron chi connectivity index (χ3n) is 3.24. The van der Waals surface area contributed by atoms with Gasteiger partial charge in [-0.25, -0.2) is 9.97 Å². The minimum atomic E-state index is 0.693. The third-order valence-corrected chi connectivity index (χ3v) is 4.46. The Morgan fingerprint density at radius 2 is 2.32 bits per heavy atom. The molecule has 0 amide bonds.